The quantitative estimate of drug-likeness (QED) is 0.793. The number of aromatic nitrogens is 2. The van der Waals surface area contributed by atoms with E-state index in [1.54, 1.807) is 6.92 Å². The Morgan fingerprint density at radius 1 is 1.37 bits per heavy atom. The van der Waals surface area contributed by atoms with E-state index in [4.69, 9.17) is 4.52 Å². The molecule has 3 rings (SSSR count). The number of benzene rings is 1. The Hall–Kier alpha value is -2.74. The molecule has 2 amide bonds. The van der Waals surface area contributed by atoms with E-state index in [1.165, 1.54) is 0 Å². The molecule has 0 spiro atoms. The average molecular weight is 371 g/mol. The molecule has 1 aliphatic rings. The molecule has 0 aliphatic carbocycles. The minimum absolute atomic E-state index is 0.0788. The van der Waals surface area contributed by atoms with E-state index in [0.717, 1.165) is 17.7 Å². The third-order valence-electron chi connectivity index (χ3n) is 4.64. The van der Waals surface area contributed by atoms with Crippen molar-refractivity contribution in [2.45, 2.75) is 45.8 Å². The van der Waals surface area contributed by atoms with E-state index in [0.29, 0.717) is 24.8 Å². The first-order chi connectivity index (χ1) is 12.9. The fraction of sp³-hybridized carbons (Fsp3) is 0.474. The molecule has 27 heavy (non-hydrogen) atoms. The standard InChI is InChI=1S/C19H25N5O3/c1-12(2)24-9-8-20-19(26)16(24)10-17(25)21-11-14-4-6-15(7-5-14)18-22-13(3)27-23-18/h4-7,12,16H,8-11H2,1-3H3,(H,20,26)(H,21,25)/t16-/m1/s1. The minimum Gasteiger partial charge on any atom is -0.353 e. The summed E-state index contributed by atoms with van der Waals surface area (Å²) in [6.07, 6.45) is 0.157. The van der Waals surface area contributed by atoms with E-state index < -0.39 is 6.04 Å². The molecule has 1 aromatic carbocycles. The Morgan fingerprint density at radius 3 is 2.74 bits per heavy atom. The van der Waals surface area contributed by atoms with Gasteiger partial charge in [0.1, 0.15) is 0 Å². The van der Waals surface area contributed by atoms with E-state index in [9.17, 15) is 9.59 Å². The van der Waals surface area contributed by atoms with Crippen molar-refractivity contribution in [3.05, 3.63) is 35.7 Å². The lowest BCUT2D eigenvalue weighted by molar-refractivity contribution is -0.134. The molecule has 1 atom stereocenters. The molecule has 8 heteroatoms. The van der Waals surface area contributed by atoms with E-state index in [1.807, 2.05) is 38.1 Å². The van der Waals surface area contributed by atoms with Crippen LogP contribution >= 0.6 is 0 Å². The highest BCUT2D eigenvalue weighted by Crippen LogP contribution is 2.16. The Balaban J connectivity index is 1.54. The highest BCUT2D eigenvalue weighted by atomic mass is 16.5. The smallest absolute Gasteiger partial charge is 0.237 e. The topological polar surface area (TPSA) is 100 Å². The second-order valence-corrected chi connectivity index (χ2v) is 6.95. The van der Waals surface area contributed by atoms with Crippen LogP contribution in [0.5, 0.6) is 0 Å². The lowest BCUT2D eigenvalue weighted by Gasteiger charge is -2.37. The van der Waals surface area contributed by atoms with Gasteiger partial charge in [0.2, 0.25) is 23.5 Å². The highest BCUT2D eigenvalue weighted by molar-refractivity contribution is 5.88. The van der Waals surface area contributed by atoms with Crippen molar-refractivity contribution < 1.29 is 14.1 Å². The van der Waals surface area contributed by atoms with Gasteiger partial charge in [0.05, 0.1) is 12.5 Å². The third-order valence-corrected chi connectivity index (χ3v) is 4.64. The van der Waals surface area contributed by atoms with Gasteiger partial charge < -0.3 is 15.2 Å². The Labute approximate surface area is 158 Å². The van der Waals surface area contributed by atoms with Crippen molar-refractivity contribution in [2.75, 3.05) is 13.1 Å². The van der Waals surface area contributed by atoms with Gasteiger partial charge >= 0.3 is 0 Å². The Morgan fingerprint density at radius 2 is 2.11 bits per heavy atom. The van der Waals surface area contributed by atoms with Gasteiger partial charge in [-0.1, -0.05) is 29.4 Å². The van der Waals surface area contributed by atoms with E-state index in [2.05, 4.69) is 25.7 Å². The molecule has 0 unspecified atom stereocenters. The summed E-state index contributed by atoms with van der Waals surface area (Å²) in [5.41, 5.74) is 1.81. The summed E-state index contributed by atoms with van der Waals surface area (Å²) < 4.78 is 4.98. The second-order valence-electron chi connectivity index (χ2n) is 6.95. The number of nitrogens with zero attached hydrogens (tertiary/aromatic N) is 3. The zero-order valence-electron chi connectivity index (χ0n) is 15.9. The van der Waals surface area contributed by atoms with E-state index >= 15 is 0 Å². The zero-order chi connectivity index (χ0) is 19.4. The fourth-order valence-corrected chi connectivity index (χ4v) is 3.20. The number of amides is 2. The van der Waals surface area contributed by atoms with Gasteiger partial charge in [0, 0.05) is 38.2 Å². The summed E-state index contributed by atoms with van der Waals surface area (Å²) >= 11 is 0. The van der Waals surface area contributed by atoms with Gasteiger partial charge in [0.15, 0.2) is 0 Å². The molecule has 0 bridgehead atoms. The fourth-order valence-electron chi connectivity index (χ4n) is 3.20. The van der Waals surface area contributed by atoms with Crippen LogP contribution in [0.3, 0.4) is 0 Å². The molecule has 2 aromatic rings. The Bertz CT molecular complexity index is 800. The van der Waals surface area contributed by atoms with Gasteiger partial charge in [-0.15, -0.1) is 0 Å². The number of nitrogens with one attached hydrogen (secondary N) is 2. The van der Waals surface area contributed by atoms with Crippen LogP contribution < -0.4 is 10.6 Å². The van der Waals surface area contributed by atoms with Crippen molar-refractivity contribution in [1.82, 2.24) is 25.7 Å². The lowest BCUT2D eigenvalue weighted by Crippen LogP contribution is -2.58. The average Bonchev–Trinajstić information content (AvgIpc) is 3.08. The van der Waals surface area contributed by atoms with Crippen LogP contribution in [-0.4, -0.2) is 52.0 Å². The molecule has 1 saturated heterocycles. The summed E-state index contributed by atoms with van der Waals surface area (Å²) in [4.78, 5) is 30.7. The maximum atomic E-state index is 12.3. The monoisotopic (exact) mass is 371 g/mol. The number of hydrogen-bond donors (Lipinski definition) is 2. The van der Waals surface area contributed by atoms with Crippen LogP contribution in [0.2, 0.25) is 0 Å². The number of piperazine rings is 1. The summed E-state index contributed by atoms with van der Waals surface area (Å²) in [6.45, 7) is 7.61. The highest BCUT2D eigenvalue weighted by Gasteiger charge is 2.32. The molecule has 2 heterocycles. The molecule has 144 valence electrons. The predicted octanol–water partition coefficient (Wildman–Crippen LogP) is 1.26. The SMILES string of the molecule is Cc1nc(-c2ccc(CNC(=O)C[C@@H]3C(=O)NCCN3C(C)C)cc2)no1. The van der Waals surface area contributed by atoms with Gasteiger partial charge in [0.25, 0.3) is 0 Å². The van der Waals surface area contributed by atoms with Gasteiger partial charge in [-0.3, -0.25) is 14.5 Å². The molecule has 0 saturated carbocycles. The molecule has 1 aliphatic heterocycles. The molecule has 8 nitrogen and oxygen atoms in total. The summed E-state index contributed by atoms with van der Waals surface area (Å²) in [6, 6.07) is 7.41. The summed E-state index contributed by atoms with van der Waals surface area (Å²) in [7, 11) is 0. The number of carbonyl (C=O) groups excluding carboxylic acids is 2. The summed E-state index contributed by atoms with van der Waals surface area (Å²) in [5, 5.41) is 9.62. The lowest BCUT2D eigenvalue weighted by atomic mass is 10.1. The molecule has 1 fully saturated rings. The number of rotatable bonds is 6. The number of hydrogen-bond acceptors (Lipinski definition) is 6. The van der Waals surface area contributed by atoms with Crippen LogP contribution in [0.25, 0.3) is 11.4 Å². The second kappa shape index (κ2) is 8.30. The largest absolute Gasteiger partial charge is 0.353 e. The maximum Gasteiger partial charge on any atom is 0.237 e. The first-order valence-corrected chi connectivity index (χ1v) is 9.14. The Kier molecular flexibility index (Phi) is 5.85. The van der Waals surface area contributed by atoms with Crippen LogP contribution in [0, 0.1) is 6.92 Å². The van der Waals surface area contributed by atoms with Crippen LogP contribution in [0.4, 0.5) is 0 Å². The van der Waals surface area contributed by atoms with Gasteiger partial charge in [-0.2, -0.15) is 4.98 Å². The van der Waals surface area contributed by atoms with Crippen molar-refractivity contribution >= 4 is 11.8 Å². The first kappa shape index (κ1) is 19.0. The molecule has 0 radical (unpaired) electrons. The number of aryl methyl sites for hydroxylation is 1. The zero-order valence-corrected chi connectivity index (χ0v) is 15.9. The van der Waals surface area contributed by atoms with Crippen molar-refractivity contribution in [3.63, 3.8) is 0 Å². The van der Waals surface area contributed by atoms with E-state index in [-0.39, 0.29) is 24.3 Å². The molecular formula is C19H25N5O3. The number of carbonyl (C=O) groups is 2. The predicted molar refractivity (Wildman–Crippen MR) is 99.6 cm³/mol. The van der Waals surface area contributed by atoms with Crippen molar-refractivity contribution in [3.8, 4) is 11.4 Å². The van der Waals surface area contributed by atoms with Crippen LogP contribution in [-0.2, 0) is 16.1 Å². The van der Waals surface area contributed by atoms with Gasteiger partial charge in [-0.25, -0.2) is 0 Å². The maximum absolute atomic E-state index is 12.3. The molecule has 2 N–H and O–H groups in total. The van der Waals surface area contributed by atoms with Crippen molar-refractivity contribution in [1.29, 1.82) is 0 Å². The first-order valence-electron chi connectivity index (χ1n) is 9.14. The van der Waals surface area contributed by atoms with Gasteiger partial charge in [-0.05, 0) is 19.4 Å². The van der Waals surface area contributed by atoms with Crippen molar-refractivity contribution in [2.24, 2.45) is 0 Å². The van der Waals surface area contributed by atoms with Crippen LogP contribution in [0.15, 0.2) is 28.8 Å². The summed E-state index contributed by atoms with van der Waals surface area (Å²) in [5.74, 6) is 0.842. The normalized spacial score (nSPS) is 17.8. The molecular weight excluding hydrogens is 346 g/mol. The van der Waals surface area contributed by atoms with Crippen LogP contribution in [0.1, 0.15) is 31.7 Å². The molecule has 1 aromatic heterocycles. The third kappa shape index (κ3) is 4.71. The minimum atomic E-state index is -0.414.